The molecule has 0 aromatic heterocycles. The second-order valence-electron chi connectivity index (χ2n) is 4.16. The van der Waals surface area contributed by atoms with E-state index in [0.29, 0.717) is 28.7 Å². The van der Waals surface area contributed by atoms with Crippen LogP contribution >= 0.6 is 23.2 Å². The molecule has 86 valence electrons. The summed E-state index contributed by atoms with van der Waals surface area (Å²) in [4.78, 5) is 13.5. The van der Waals surface area contributed by atoms with Gasteiger partial charge in [0.25, 0.3) is 0 Å². The first-order chi connectivity index (χ1) is 7.56. The predicted molar refractivity (Wildman–Crippen MR) is 67.5 cm³/mol. The third kappa shape index (κ3) is 2.50. The van der Waals surface area contributed by atoms with Gasteiger partial charge in [0.1, 0.15) is 5.78 Å². The van der Waals surface area contributed by atoms with Crippen molar-refractivity contribution in [2.24, 2.45) is 0 Å². The first kappa shape index (κ1) is 11.7. The quantitative estimate of drug-likeness (QED) is 0.767. The van der Waals surface area contributed by atoms with Crippen LogP contribution in [0.3, 0.4) is 0 Å². The smallest absolute Gasteiger partial charge is 0.136 e. The lowest BCUT2D eigenvalue weighted by Gasteiger charge is -2.34. The maximum absolute atomic E-state index is 11.3. The third-order valence-electron chi connectivity index (χ3n) is 2.87. The second-order valence-corrected chi connectivity index (χ2v) is 5.04. The summed E-state index contributed by atoms with van der Waals surface area (Å²) in [6.07, 6.45) is 1.21. The maximum atomic E-state index is 11.3. The minimum Gasteiger partial charge on any atom is -0.368 e. The summed E-state index contributed by atoms with van der Waals surface area (Å²) < 4.78 is 0. The molecule has 1 aromatic rings. The molecular weight excluding hydrogens is 245 g/mol. The largest absolute Gasteiger partial charge is 0.368 e. The molecule has 1 fully saturated rings. The van der Waals surface area contributed by atoms with Crippen molar-refractivity contribution in [1.29, 1.82) is 0 Å². The highest BCUT2D eigenvalue weighted by Crippen LogP contribution is 2.29. The average Bonchev–Trinajstić information content (AvgIpc) is 2.15. The molecule has 0 amide bonds. The molecule has 1 aliphatic rings. The summed E-state index contributed by atoms with van der Waals surface area (Å²) >= 11 is 11.9. The molecule has 1 aromatic carbocycles. The van der Waals surface area contributed by atoms with Crippen molar-refractivity contribution in [2.45, 2.75) is 25.8 Å². The Bertz CT molecular complexity index is 399. The van der Waals surface area contributed by atoms with Gasteiger partial charge in [-0.2, -0.15) is 0 Å². The lowest BCUT2D eigenvalue weighted by Crippen LogP contribution is -2.41. The number of anilines is 1. The summed E-state index contributed by atoms with van der Waals surface area (Å²) in [6.45, 7) is 2.79. The molecule has 1 saturated heterocycles. The van der Waals surface area contributed by atoms with Crippen LogP contribution in [0.25, 0.3) is 0 Å². The number of carbonyl (C=O) groups is 1. The van der Waals surface area contributed by atoms with Crippen LogP contribution in [0.15, 0.2) is 18.2 Å². The van der Waals surface area contributed by atoms with Crippen LogP contribution in [0.2, 0.25) is 10.0 Å². The first-order valence-corrected chi connectivity index (χ1v) is 6.06. The fraction of sp³-hybridized carbons (Fsp3) is 0.417. The van der Waals surface area contributed by atoms with E-state index < -0.39 is 0 Å². The van der Waals surface area contributed by atoms with E-state index in [9.17, 15) is 4.79 Å². The highest BCUT2D eigenvalue weighted by atomic mass is 35.5. The number of hydrogen-bond donors (Lipinski definition) is 0. The van der Waals surface area contributed by atoms with Crippen molar-refractivity contribution in [2.75, 3.05) is 11.4 Å². The molecule has 0 spiro atoms. The van der Waals surface area contributed by atoms with Gasteiger partial charge in [0, 0.05) is 41.2 Å². The third-order valence-corrected chi connectivity index (χ3v) is 3.30. The molecule has 0 radical (unpaired) electrons. The topological polar surface area (TPSA) is 20.3 Å². The molecule has 16 heavy (non-hydrogen) atoms. The Morgan fingerprint density at radius 2 is 1.88 bits per heavy atom. The predicted octanol–water partition coefficient (Wildman–Crippen LogP) is 3.55. The standard InChI is InChI=1S/C12H13Cl2NO/c1-8-4-12(16)2-3-15(8)11-6-9(13)5-10(14)7-11/h5-8H,2-4H2,1H3. The van der Waals surface area contributed by atoms with Crippen LogP contribution in [0.4, 0.5) is 5.69 Å². The first-order valence-electron chi connectivity index (χ1n) is 5.30. The fourth-order valence-corrected chi connectivity index (χ4v) is 2.61. The number of benzene rings is 1. The SMILES string of the molecule is CC1CC(=O)CCN1c1cc(Cl)cc(Cl)c1. The van der Waals surface area contributed by atoms with Crippen LogP contribution in [0, 0.1) is 0 Å². The second kappa shape index (κ2) is 4.64. The van der Waals surface area contributed by atoms with Crippen molar-refractivity contribution in [3.63, 3.8) is 0 Å². The summed E-state index contributed by atoms with van der Waals surface area (Å²) in [6, 6.07) is 5.71. The van der Waals surface area contributed by atoms with Gasteiger partial charge in [-0.05, 0) is 25.1 Å². The van der Waals surface area contributed by atoms with E-state index in [1.54, 1.807) is 6.07 Å². The normalized spacial score (nSPS) is 21.3. The number of halogens is 2. The van der Waals surface area contributed by atoms with Gasteiger partial charge in [0.2, 0.25) is 0 Å². The van der Waals surface area contributed by atoms with Crippen molar-refractivity contribution in [3.8, 4) is 0 Å². The van der Waals surface area contributed by atoms with Crippen LogP contribution in [0.1, 0.15) is 19.8 Å². The van der Waals surface area contributed by atoms with Gasteiger partial charge in [0.05, 0.1) is 0 Å². The number of rotatable bonds is 1. The van der Waals surface area contributed by atoms with Crippen molar-refractivity contribution in [1.82, 2.24) is 0 Å². The summed E-state index contributed by atoms with van der Waals surface area (Å²) in [7, 11) is 0. The highest BCUT2D eigenvalue weighted by molar-refractivity contribution is 6.35. The molecule has 1 aliphatic heterocycles. The monoisotopic (exact) mass is 257 g/mol. The zero-order valence-electron chi connectivity index (χ0n) is 9.04. The average molecular weight is 258 g/mol. The fourth-order valence-electron chi connectivity index (χ4n) is 2.10. The Morgan fingerprint density at radius 1 is 1.25 bits per heavy atom. The van der Waals surface area contributed by atoms with E-state index >= 15 is 0 Å². The zero-order chi connectivity index (χ0) is 11.7. The molecule has 0 saturated carbocycles. The number of Topliss-reactive ketones (excluding diaryl/α,β-unsaturated/α-hetero) is 1. The van der Waals surface area contributed by atoms with Crippen LogP contribution < -0.4 is 4.90 Å². The molecule has 0 bridgehead atoms. The minimum atomic E-state index is 0.218. The van der Waals surface area contributed by atoms with Gasteiger partial charge < -0.3 is 4.90 Å². The van der Waals surface area contributed by atoms with E-state index in [1.165, 1.54) is 0 Å². The van der Waals surface area contributed by atoms with E-state index in [2.05, 4.69) is 4.90 Å². The van der Waals surface area contributed by atoms with E-state index in [4.69, 9.17) is 23.2 Å². The lowest BCUT2D eigenvalue weighted by atomic mass is 10.0. The molecular formula is C12H13Cl2NO. The van der Waals surface area contributed by atoms with Gasteiger partial charge in [0.15, 0.2) is 0 Å². The summed E-state index contributed by atoms with van der Waals surface area (Å²) in [5.41, 5.74) is 0.998. The van der Waals surface area contributed by atoms with Crippen molar-refractivity contribution in [3.05, 3.63) is 28.2 Å². The minimum absolute atomic E-state index is 0.218. The van der Waals surface area contributed by atoms with Crippen LogP contribution in [-0.4, -0.2) is 18.4 Å². The van der Waals surface area contributed by atoms with Crippen molar-refractivity contribution < 1.29 is 4.79 Å². The number of carbonyl (C=O) groups excluding carboxylic acids is 1. The molecule has 0 N–H and O–H groups in total. The molecule has 2 nitrogen and oxygen atoms in total. The molecule has 1 atom stereocenters. The van der Waals surface area contributed by atoms with Crippen LogP contribution in [-0.2, 0) is 4.79 Å². The Kier molecular flexibility index (Phi) is 3.41. The van der Waals surface area contributed by atoms with E-state index in [-0.39, 0.29) is 6.04 Å². The summed E-state index contributed by atoms with van der Waals surface area (Å²) in [5.74, 6) is 0.330. The van der Waals surface area contributed by atoms with Gasteiger partial charge >= 0.3 is 0 Å². The van der Waals surface area contributed by atoms with Gasteiger partial charge in [-0.15, -0.1) is 0 Å². The number of piperidine rings is 1. The Labute approximate surface area is 105 Å². The highest BCUT2D eigenvalue weighted by Gasteiger charge is 2.23. The van der Waals surface area contributed by atoms with Gasteiger partial charge in [-0.1, -0.05) is 23.2 Å². The Morgan fingerprint density at radius 3 is 2.44 bits per heavy atom. The Hall–Kier alpha value is -0.730. The zero-order valence-corrected chi connectivity index (χ0v) is 10.6. The van der Waals surface area contributed by atoms with Gasteiger partial charge in [-0.25, -0.2) is 0 Å². The van der Waals surface area contributed by atoms with Crippen molar-refractivity contribution >= 4 is 34.7 Å². The number of nitrogens with zero attached hydrogens (tertiary/aromatic N) is 1. The maximum Gasteiger partial charge on any atom is 0.136 e. The number of hydrogen-bond acceptors (Lipinski definition) is 2. The molecule has 1 heterocycles. The van der Waals surface area contributed by atoms with E-state index in [0.717, 1.165) is 12.2 Å². The molecule has 2 rings (SSSR count). The molecule has 0 aliphatic carbocycles. The number of ketones is 1. The van der Waals surface area contributed by atoms with E-state index in [1.807, 2.05) is 19.1 Å². The molecule has 4 heteroatoms. The molecule has 1 unspecified atom stereocenters. The summed E-state index contributed by atoms with van der Waals surface area (Å²) in [5, 5.41) is 1.26. The lowest BCUT2D eigenvalue weighted by molar-refractivity contribution is -0.120. The van der Waals surface area contributed by atoms with Gasteiger partial charge in [-0.3, -0.25) is 4.79 Å². The Balaban J connectivity index is 2.26. The van der Waals surface area contributed by atoms with Crippen LogP contribution in [0.5, 0.6) is 0 Å².